The number of hydrogen-bond acceptors (Lipinski definition) is 5. The van der Waals surface area contributed by atoms with Gasteiger partial charge in [-0.2, -0.15) is 0 Å². The molecular weight excluding hydrogens is 525 g/mol. The number of benzene rings is 3. The fourth-order valence-electron chi connectivity index (χ4n) is 3.39. The standard InChI is InChI=1S/C25H19BrFNO3S2/c1-15-6-3-4-9-20(15)28-24(29)22(33-25(28)32)13-17-11-19(26)23(21(12-17)30-2)31-14-16-7-5-8-18(27)10-16/h3-13H,14H2,1-2H3/b22-13+. The van der Waals surface area contributed by atoms with Gasteiger partial charge in [-0.15, -0.1) is 0 Å². The lowest BCUT2D eigenvalue weighted by Crippen LogP contribution is -2.28. The number of carbonyl (C=O) groups is 1. The zero-order valence-electron chi connectivity index (χ0n) is 17.8. The van der Waals surface area contributed by atoms with E-state index in [9.17, 15) is 9.18 Å². The number of aryl methyl sites for hydroxylation is 1. The number of carbonyl (C=O) groups excluding carboxylic acids is 1. The molecule has 1 saturated heterocycles. The number of ether oxygens (including phenoxy) is 2. The number of rotatable bonds is 6. The number of para-hydroxylation sites is 1. The molecule has 0 unspecified atom stereocenters. The van der Waals surface area contributed by atoms with Crippen LogP contribution in [0.1, 0.15) is 16.7 Å². The van der Waals surface area contributed by atoms with Crippen molar-refractivity contribution in [1.29, 1.82) is 0 Å². The lowest BCUT2D eigenvalue weighted by atomic mass is 10.1. The number of thiocarbonyl (C=S) groups is 1. The van der Waals surface area contributed by atoms with Crippen LogP contribution in [0.5, 0.6) is 11.5 Å². The van der Waals surface area contributed by atoms with Crippen LogP contribution < -0.4 is 14.4 Å². The monoisotopic (exact) mass is 543 g/mol. The smallest absolute Gasteiger partial charge is 0.270 e. The summed E-state index contributed by atoms with van der Waals surface area (Å²) in [5.41, 5.74) is 3.21. The van der Waals surface area contributed by atoms with Crippen LogP contribution in [0.15, 0.2) is 70.0 Å². The predicted molar refractivity (Wildman–Crippen MR) is 138 cm³/mol. The van der Waals surface area contributed by atoms with Crippen molar-refractivity contribution in [2.75, 3.05) is 12.0 Å². The molecule has 33 heavy (non-hydrogen) atoms. The molecule has 0 aliphatic carbocycles. The highest BCUT2D eigenvalue weighted by molar-refractivity contribution is 9.10. The largest absolute Gasteiger partial charge is 0.493 e. The summed E-state index contributed by atoms with van der Waals surface area (Å²) in [6.07, 6.45) is 1.78. The lowest BCUT2D eigenvalue weighted by Gasteiger charge is -2.16. The molecular formula is C25H19BrFNO3S2. The maximum absolute atomic E-state index is 13.4. The predicted octanol–water partition coefficient (Wildman–Crippen LogP) is 6.89. The Hall–Kier alpha value is -2.68. The van der Waals surface area contributed by atoms with Crippen molar-refractivity contribution in [3.8, 4) is 11.5 Å². The van der Waals surface area contributed by atoms with Crippen molar-refractivity contribution in [3.05, 3.63) is 92.5 Å². The Balaban J connectivity index is 1.59. The zero-order chi connectivity index (χ0) is 23.5. The first kappa shape index (κ1) is 23.5. The SMILES string of the molecule is COc1cc(/C=C2/SC(=S)N(c3ccccc3C)C2=O)cc(Br)c1OCc1cccc(F)c1. The summed E-state index contributed by atoms with van der Waals surface area (Å²) >= 11 is 10.3. The Morgan fingerprint density at radius 1 is 1.15 bits per heavy atom. The first-order valence-electron chi connectivity index (χ1n) is 9.95. The van der Waals surface area contributed by atoms with Crippen LogP contribution in [-0.2, 0) is 11.4 Å². The van der Waals surface area contributed by atoms with Gasteiger partial charge in [0.1, 0.15) is 12.4 Å². The van der Waals surface area contributed by atoms with Crippen molar-refractivity contribution in [2.24, 2.45) is 0 Å². The number of amides is 1. The fraction of sp³-hybridized carbons (Fsp3) is 0.120. The van der Waals surface area contributed by atoms with Crippen LogP contribution in [0.2, 0.25) is 0 Å². The van der Waals surface area contributed by atoms with E-state index in [-0.39, 0.29) is 18.3 Å². The van der Waals surface area contributed by atoms with Crippen LogP contribution in [0.25, 0.3) is 6.08 Å². The first-order chi connectivity index (χ1) is 15.9. The molecule has 0 atom stereocenters. The van der Waals surface area contributed by atoms with Gasteiger partial charge in [-0.3, -0.25) is 9.69 Å². The van der Waals surface area contributed by atoms with E-state index in [0.29, 0.717) is 30.8 Å². The van der Waals surface area contributed by atoms with Crippen molar-refractivity contribution in [1.82, 2.24) is 0 Å². The molecule has 1 amide bonds. The highest BCUT2D eigenvalue weighted by Gasteiger charge is 2.34. The van der Waals surface area contributed by atoms with E-state index in [4.69, 9.17) is 21.7 Å². The van der Waals surface area contributed by atoms with Gasteiger partial charge in [0.15, 0.2) is 15.8 Å². The average Bonchev–Trinajstić information content (AvgIpc) is 3.06. The topological polar surface area (TPSA) is 38.8 Å². The van der Waals surface area contributed by atoms with Gasteiger partial charge in [0.05, 0.1) is 22.2 Å². The summed E-state index contributed by atoms with van der Waals surface area (Å²) in [6, 6.07) is 17.5. The highest BCUT2D eigenvalue weighted by atomic mass is 79.9. The van der Waals surface area contributed by atoms with E-state index >= 15 is 0 Å². The molecule has 1 aliphatic rings. The van der Waals surface area contributed by atoms with Gasteiger partial charge < -0.3 is 9.47 Å². The van der Waals surface area contributed by atoms with Gasteiger partial charge in [0.25, 0.3) is 5.91 Å². The van der Waals surface area contributed by atoms with Crippen LogP contribution in [0, 0.1) is 12.7 Å². The Bertz CT molecular complexity index is 1280. The summed E-state index contributed by atoms with van der Waals surface area (Å²) in [5, 5.41) is 0. The number of methoxy groups -OCH3 is 1. The summed E-state index contributed by atoms with van der Waals surface area (Å²) < 4.78 is 26.0. The number of anilines is 1. The Kier molecular flexibility index (Phi) is 7.17. The molecule has 1 fully saturated rings. The zero-order valence-corrected chi connectivity index (χ0v) is 21.0. The summed E-state index contributed by atoms with van der Waals surface area (Å²) in [7, 11) is 1.54. The summed E-state index contributed by atoms with van der Waals surface area (Å²) in [6.45, 7) is 2.13. The van der Waals surface area contributed by atoms with E-state index in [1.165, 1.54) is 31.0 Å². The van der Waals surface area contributed by atoms with E-state index in [0.717, 1.165) is 16.8 Å². The minimum atomic E-state index is -0.319. The third-order valence-corrected chi connectivity index (χ3v) is 6.86. The molecule has 8 heteroatoms. The average molecular weight is 544 g/mol. The quantitative estimate of drug-likeness (QED) is 0.250. The van der Waals surface area contributed by atoms with E-state index in [2.05, 4.69) is 15.9 Å². The fourth-order valence-corrected chi connectivity index (χ4v) is 5.25. The molecule has 0 spiro atoms. The first-order valence-corrected chi connectivity index (χ1v) is 12.0. The highest BCUT2D eigenvalue weighted by Crippen LogP contribution is 2.40. The van der Waals surface area contributed by atoms with E-state index in [1.807, 2.05) is 37.3 Å². The molecule has 1 aliphatic heterocycles. The molecule has 0 saturated carbocycles. The maximum atomic E-state index is 13.4. The third kappa shape index (κ3) is 5.13. The van der Waals surface area contributed by atoms with Gasteiger partial charge in [-0.1, -0.05) is 54.3 Å². The second-order valence-corrected chi connectivity index (χ2v) is 9.79. The van der Waals surface area contributed by atoms with Gasteiger partial charge in [0, 0.05) is 0 Å². The van der Waals surface area contributed by atoms with Gasteiger partial charge >= 0.3 is 0 Å². The molecule has 168 valence electrons. The lowest BCUT2D eigenvalue weighted by molar-refractivity contribution is -0.113. The number of halogens is 2. The van der Waals surface area contributed by atoms with Gasteiger partial charge in [-0.05, 0) is 76.0 Å². The van der Waals surface area contributed by atoms with E-state index < -0.39 is 0 Å². The van der Waals surface area contributed by atoms with Gasteiger partial charge in [-0.25, -0.2) is 4.39 Å². The number of hydrogen-bond donors (Lipinski definition) is 0. The Labute approximate surface area is 209 Å². The minimum Gasteiger partial charge on any atom is -0.493 e. The van der Waals surface area contributed by atoms with Crippen LogP contribution in [0.4, 0.5) is 10.1 Å². The van der Waals surface area contributed by atoms with Crippen molar-refractivity contribution in [2.45, 2.75) is 13.5 Å². The minimum absolute atomic E-state index is 0.166. The van der Waals surface area contributed by atoms with E-state index in [1.54, 1.807) is 29.2 Å². The molecule has 3 aromatic rings. The number of thioether (sulfide) groups is 1. The number of nitrogens with zero attached hydrogens (tertiary/aromatic N) is 1. The van der Waals surface area contributed by atoms with Crippen LogP contribution in [-0.4, -0.2) is 17.3 Å². The summed E-state index contributed by atoms with van der Waals surface area (Å²) in [5.74, 6) is 0.495. The molecule has 1 heterocycles. The molecule has 0 N–H and O–H groups in total. The van der Waals surface area contributed by atoms with Crippen molar-refractivity contribution >= 4 is 61.9 Å². The molecule has 0 aromatic heterocycles. The second kappa shape index (κ2) is 10.1. The van der Waals surface area contributed by atoms with Gasteiger partial charge in [0.2, 0.25) is 0 Å². The van der Waals surface area contributed by atoms with Crippen LogP contribution in [0.3, 0.4) is 0 Å². The molecule has 4 nitrogen and oxygen atoms in total. The summed E-state index contributed by atoms with van der Waals surface area (Å²) in [4.78, 5) is 15.2. The second-order valence-electron chi connectivity index (χ2n) is 7.26. The third-order valence-electron chi connectivity index (χ3n) is 4.97. The normalized spacial score (nSPS) is 14.8. The van der Waals surface area contributed by atoms with Crippen molar-refractivity contribution in [3.63, 3.8) is 0 Å². The Morgan fingerprint density at radius 2 is 1.94 bits per heavy atom. The Morgan fingerprint density at radius 3 is 2.67 bits per heavy atom. The van der Waals surface area contributed by atoms with Crippen molar-refractivity contribution < 1.29 is 18.7 Å². The molecule has 0 bridgehead atoms. The van der Waals surface area contributed by atoms with Crippen LogP contribution >= 0.6 is 39.9 Å². The molecule has 4 rings (SSSR count). The molecule has 3 aromatic carbocycles. The molecule has 0 radical (unpaired) electrons. The maximum Gasteiger partial charge on any atom is 0.270 e.